The van der Waals surface area contributed by atoms with Gasteiger partial charge in [0.15, 0.2) is 0 Å². The van der Waals surface area contributed by atoms with Crippen LogP contribution in [0.25, 0.3) is 10.8 Å². The molecule has 0 aliphatic rings. The Hall–Kier alpha value is -0.640. The molecule has 3 heteroatoms. The van der Waals surface area contributed by atoms with Gasteiger partial charge in [0.25, 0.3) is 0 Å². The molecule has 0 nitrogen and oxygen atoms in total. The Bertz CT molecular complexity index is 730. The summed E-state index contributed by atoms with van der Waals surface area (Å²) in [5, 5.41) is 4.82. The van der Waals surface area contributed by atoms with Gasteiger partial charge in [-0.3, -0.25) is 0 Å². The predicted molar refractivity (Wildman–Crippen MR) is 91.5 cm³/mol. The van der Waals surface area contributed by atoms with Crippen LogP contribution in [0.4, 0.5) is 0 Å². The highest BCUT2D eigenvalue weighted by molar-refractivity contribution is 9.11. The predicted octanol–water partition coefficient (Wildman–Crippen LogP) is 6.46. The minimum atomic E-state index is 0.237. The largest absolute Gasteiger partial charge is 0.136 e. The monoisotopic (exact) mass is 394 g/mol. The minimum absolute atomic E-state index is 0.237. The molecule has 0 radical (unpaired) electrons. The van der Waals surface area contributed by atoms with Gasteiger partial charge in [0.1, 0.15) is 0 Å². The first-order chi connectivity index (χ1) is 9.16. The van der Waals surface area contributed by atoms with Crippen molar-refractivity contribution in [2.24, 2.45) is 0 Å². The van der Waals surface area contributed by atoms with Gasteiger partial charge in [-0.2, -0.15) is 0 Å². The van der Waals surface area contributed by atoms with Crippen molar-refractivity contribution < 1.29 is 0 Å². The highest BCUT2D eigenvalue weighted by Gasteiger charge is 2.17. The van der Waals surface area contributed by atoms with Crippen molar-refractivity contribution in [1.29, 1.82) is 0 Å². The molecule has 0 aliphatic carbocycles. The van der Waals surface area contributed by atoms with Gasteiger partial charge in [-0.25, -0.2) is 0 Å². The van der Waals surface area contributed by atoms with Gasteiger partial charge in [0.2, 0.25) is 0 Å². The molecule has 0 fully saturated rings. The van der Waals surface area contributed by atoms with E-state index >= 15 is 0 Å². The van der Waals surface area contributed by atoms with Crippen molar-refractivity contribution in [3.05, 3.63) is 68.3 Å². The summed E-state index contributed by atoms with van der Waals surface area (Å²) < 4.78 is 1.17. The number of hydrogen-bond acceptors (Lipinski definition) is 1. The molecule has 0 amide bonds. The molecule has 0 bridgehead atoms. The highest BCUT2D eigenvalue weighted by Crippen LogP contribution is 2.39. The zero-order valence-electron chi connectivity index (χ0n) is 10.4. The number of aryl methyl sites for hydroxylation is 1. The van der Waals surface area contributed by atoms with Crippen LogP contribution < -0.4 is 0 Å². The quantitative estimate of drug-likeness (QED) is 0.437. The van der Waals surface area contributed by atoms with E-state index < -0.39 is 0 Å². The Kier molecular flexibility index (Phi) is 3.79. The third kappa shape index (κ3) is 2.51. The Morgan fingerprint density at radius 2 is 1.89 bits per heavy atom. The van der Waals surface area contributed by atoms with E-state index in [0.717, 1.165) is 0 Å². The summed E-state index contributed by atoms with van der Waals surface area (Å²) in [4.78, 5) is 0.237. The van der Waals surface area contributed by atoms with E-state index in [1.54, 1.807) is 11.3 Å². The van der Waals surface area contributed by atoms with Crippen LogP contribution in [-0.4, -0.2) is 0 Å². The molecule has 19 heavy (non-hydrogen) atoms. The number of benzene rings is 2. The first kappa shape index (κ1) is 13.3. The van der Waals surface area contributed by atoms with Gasteiger partial charge >= 0.3 is 0 Å². The Morgan fingerprint density at radius 1 is 1.11 bits per heavy atom. The van der Waals surface area contributed by atoms with E-state index in [0.29, 0.717) is 0 Å². The van der Waals surface area contributed by atoms with Crippen molar-refractivity contribution in [2.75, 3.05) is 0 Å². The maximum atomic E-state index is 3.87. The summed E-state index contributed by atoms with van der Waals surface area (Å²) in [7, 11) is 0. The van der Waals surface area contributed by atoms with Crippen LogP contribution >= 0.6 is 43.2 Å². The van der Waals surface area contributed by atoms with Crippen LogP contribution in [0.3, 0.4) is 0 Å². The van der Waals surface area contributed by atoms with Crippen molar-refractivity contribution in [3.63, 3.8) is 0 Å². The van der Waals surface area contributed by atoms with Crippen LogP contribution in [0.1, 0.15) is 21.5 Å². The molecule has 0 aliphatic heterocycles. The molecule has 0 N–H and O–H groups in total. The van der Waals surface area contributed by atoms with Crippen LogP contribution in [0.15, 0.2) is 51.6 Å². The van der Waals surface area contributed by atoms with E-state index in [1.807, 2.05) is 0 Å². The molecular formula is C16H12Br2S. The molecule has 1 atom stereocenters. The van der Waals surface area contributed by atoms with Crippen LogP contribution in [0.5, 0.6) is 0 Å². The molecule has 1 unspecified atom stereocenters. The van der Waals surface area contributed by atoms with Crippen molar-refractivity contribution in [2.45, 2.75) is 11.8 Å². The lowest BCUT2D eigenvalue weighted by molar-refractivity contribution is 1.18. The Morgan fingerprint density at radius 3 is 2.63 bits per heavy atom. The zero-order chi connectivity index (χ0) is 13.4. The van der Waals surface area contributed by atoms with Gasteiger partial charge in [-0.05, 0) is 61.8 Å². The number of thiophene rings is 1. The third-order valence-electron chi connectivity index (χ3n) is 3.32. The number of hydrogen-bond donors (Lipinski definition) is 0. The van der Waals surface area contributed by atoms with E-state index in [-0.39, 0.29) is 4.83 Å². The van der Waals surface area contributed by atoms with E-state index in [9.17, 15) is 0 Å². The van der Waals surface area contributed by atoms with Gasteiger partial charge < -0.3 is 0 Å². The average Bonchev–Trinajstić information content (AvgIpc) is 2.85. The fourth-order valence-electron chi connectivity index (χ4n) is 2.36. The van der Waals surface area contributed by atoms with Gasteiger partial charge in [0.05, 0.1) is 8.61 Å². The molecular weight excluding hydrogens is 384 g/mol. The van der Waals surface area contributed by atoms with E-state index in [4.69, 9.17) is 0 Å². The lowest BCUT2D eigenvalue weighted by atomic mass is 9.95. The van der Waals surface area contributed by atoms with Crippen LogP contribution in [0, 0.1) is 6.92 Å². The van der Waals surface area contributed by atoms with E-state index in [2.05, 4.69) is 86.6 Å². The second kappa shape index (κ2) is 5.39. The molecule has 2 aromatic carbocycles. The van der Waals surface area contributed by atoms with Crippen LogP contribution in [0.2, 0.25) is 0 Å². The first-order valence-electron chi connectivity index (χ1n) is 6.03. The lowest BCUT2D eigenvalue weighted by Gasteiger charge is -2.15. The lowest BCUT2D eigenvalue weighted by Crippen LogP contribution is -1.96. The second-order valence-corrected chi connectivity index (χ2v) is 7.77. The standard InChI is InChI=1S/C16H12Br2S/c1-10-6-7-11-4-2-3-5-13(11)15(10)16(18)12-8-14(17)19-9-12/h2-9,16H,1H3. The Balaban J connectivity index is 2.21. The molecule has 0 spiro atoms. The van der Waals surface area contributed by atoms with Gasteiger partial charge in [-0.15, -0.1) is 11.3 Å². The molecule has 1 heterocycles. The number of alkyl halides is 1. The van der Waals surface area contributed by atoms with Crippen molar-refractivity contribution in [3.8, 4) is 0 Å². The summed E-state index contributed by atoms with van der Waals surface area (Å²) in [5.41, 5.74) is 3.99. The summed E-state index contributed by atoms with van der Waals surface area (Å²) >= 11 is 9.13. The minimum Gasteiger partial charge on any atom is -0.136 e. The molecule has 0 saturated heterocycles. The zero-order valence-corrected chi connectivity index (χ0v) is 14.3. The van der Waals surface area contributed by atoms with Gasteiger partial charge in [-0.1, -0.05) is 52.3 Å². The molecule has 96 valence electrons. The topological polar surface area (TPSA) is 0 Å². The van der Waals surface area contributed by atoms with Crippen LogP contribution in [-0.2, 0) is 0 Å². The third-order valence-corrected chi connectivity index (χ3v) is 5.83. The maximum Gasteiger partial charge on any atom is 0.0701 e. The second-order valence-electron chi connectivity index (χ2n) is 4.56. The SMILES string of the molecule is Cc1ccc2ccccc2c1C(Br)c1csc(Br)c1. The number of rotatable bonds is 2. The fraction of sp³-hybridized carbons (Fsp3) is 0.125. The number of halogens is 2. The summed E-state index contributed by atoms with van der Waals surface area (Å²) in [5.74, 6) is 0. The van der Waals surface area contributed by atoms with Gasteiger partial charge in [0, 0.05) is 0 Å². The first-order valence-corrected chi connectivity index (χ1v) is 8.62. The normalized spacial score (nSPS) is 12.8. The average molecular weight is 396 g/mol. The molecule has 1 aromatic heterocycles. The van der Waals surface area contributed by atoms with Crippen molar-refractivity contribution >= 4 is 54.0 Å². The molecule has 3 aromatic rings. The smallest absolute Gasteiger partial charge is 0.0701 e. The number of fused-ring (bicyclic) bond motifs is 1. The summed E-state index contributed by atoms with van der Waals surface area (Å²) in [6.45, 7) is 2.18. The van der Waals surface area contributed by atoms with Crippen molar-refractivity contribution in [1.82, 2.24) is 0 Å². The molecule has 0 saturated carbocycles. The summed E-state index contributed by atoms with van der Waals surface area (Å²) in [6, 6.07) is 15.1. The Labute approximate surface area is 133 Å². The van der Waals surface area contributed by atoms with E-state index in [1.165, 1.54) is 31.2 Å². The maximum absolute atomic E-state index is 3.87. The highest BCUT2D eigenvalue weighted by atomic mass is 79.9. The molecule has 3 rings (SSSR count). The summed E-state index contributed by atoms with van der Waals surface area (Å²) in [6.07, 6.45) is 0. The fourth-order valence-corrected chi connectivity index (χ4v) is 4.61.